The number of hydrogen-bond donors (Lipinski definition) is 1. The molecule has 0 saturated heterocycles. The molecule has 7 heteroatoms. The number of nitrogens with one attached hydrogen (secondary N) is 1. The molecular weight excluding hydrogens is 322 g/mol. The standard InChI is InChI=1S/C18H17N3O4/c1-23-16-7-8-17(24-2)14(9-16)11-20-25-12-18(22)21-15-5-3-13(10-19)4-6-15/h3-9,11H,12H2,1-2H3,(H,21,22)/b20-11-. The van der Waals surface area contributed by atoms with E-state index in [4.69, 9.17) is 19.6 Å². The van der Waals surface area contributed by atoms with Crippen LogP contribution in [0.5, 0.6) is 11.5 Å². The van der Waals surface area contributed by atoms with E-state index in [0.717, 1.165) is 0 Å². The number of rotatable bonds is 7. The van der Waals surface area contributed by atoms with Crippen LogP contribution in [0.4, 0.5) is 5.69 Å². The molecule has 0 radical (unpaired) electrons. The van der Waals surface area contributed by atoms with Gasteiger partial charge in [0.25, 0.3) is 5.91 Å². The SMILES string of the molecule is COc1ccc(OC)c(/C=N\OCC(=O)Nc2ccc(C#N)cc2)c1. The fourth-order valence-electron chi connectivity index (χ4n) is 1.96. The second-order valence-corrected chi connectivity index (χ2v) is 4.85. The summed E-state index contributed by atoms with van der Waals surface area (Å²) >= 11 is 0. The maximum Gasteiger partial charge on any atom is 0.265 e. The van der Waals surface area contributed by atoms with Crippen molar-refractivity contribution < 1.29 is 19.1 Å². The lowest BCUT2D eigenvalue weighted by atomic mass is 10.2. The molecule has 0 aromatic heterocycles. The van der Waals surface area contributed by atoms with Crippen molar-refractivity contribution in [3.05, 3.63) is 53.6 Å². The van der Waals surface area contributed by atoms with Gasteiger partial charge in [0.05, 0.1) is 32.1 Å². The third-order valence-electron chi connectivity index (χ3n) is 3.20. The average molecular weight is 339 g/mol. The first-order chi connectivity index (χ1) is 12.2. The molecule has 0 spiro atoms. The zero-order chi connectivity index (χ0) is 18.1. The minimum absolute atomic E-state index is 0.247. The number of methoxy groups -OCH3 is 2. The first-order valence-electron chi connectivity index (χ1n) is 7.33. The number of nitriles is 1. The molecule has 1 N–H and O–H groups in total. The molecule has 1 amide bonds. The number of amides is 1. The van der Waals surface area contributed by atoms with Gasteiger partial charge < -0.3 is 19.6 Å². The number of carbonyl (C=O) groups is 1. The molecule has 0 bridgehead atoms. The molecule has 7 nitrogen and oxygen atoms in total. The zero-order valence-electron chi connectivity index (χ0n) is 13.9. The zero-order valence-corrected chi connectivity index (χ0v) is 13.9. The third-order valence-corrected chi connectivity index (χ3v) is 3.20. The molecular formula is C18H17N3O4. The number of nitrogens with zero attached hydrogens (tertiary/aromatic N) is 2. The van der Waals surface area contributed by atoms with Crippen molar-refractivity contribution in [3.63, 3.8) is 0 Å². The molecule has 0 heterocycles. The lowest BCUT2D eigenvalue weighted by Crippen LogP contribution is -2.16. The number of ether oxygens (including phenoxy) is 2. The van der Waals surface area contributed by atoms with Gasteiger partial charge in [0, 0.05) is 11.3 Å². The van der Waals surface area contributed by atoms with Crippen LogP contribution in [-0.4, -0.2) is 32.9 Å². The highest BCUT2D eigenvalue weighted by molar-refractivity contribution is 5.91. The predicted molar refractivity (Wildman–Crippen MR) is 92.9 cm³/mol. The minimum atomic E-state index is -0.362. The normalized spacial score (nSPS) is 10.1. The van der Waals surface area contributed by atoms with E-state index >= 15 is 0 Å². The van der Waals surface area contributed by atoms with E-state index < -0.39 is 0 Å². The quantitative estimate of drug-likeness (QED) is 0.618. The average Bonchev–Trinajstić information content (AvgIpc) is 2.65. The second kappa shape index (κ2) is 8.93. The Bertz CT molecular complexity index is 795. The summed E-state index contributed by atoms with van der Waals surface area (Å²) in [6.45, 7) is -0.247. The Hall–Kier alpha value is -3.53. The number of oxime groups is 1. The van der Waals surface area contributed by atoms with Gasteiger partial charge >= 0.3 is 0 Å². The van der Waals surface area contributed by atoms with Crippen LogP contribution in [0, 0.1) is 11.3 Å². The predicted octanol–water partition coefficient (Wildman–Crippen LogP) is 2.56. The van der Waals surface area contributed by atoms with Crippen molar-refractivity contribution in [2.75, 3.05) is 26.1 Å². The van der Waals surface area contributed by atoms with Crippen LogP contribution in [0.25, 0.3) is 0 Å². The molecule has 0 unspecified atom stereocenters. The molecule has 0 aliphatic heterocycles. The van der Waals surface area contributed by atoms with Gasteiger partial charge in [0.1, 0.15) is 11.5 Å². The smallest absolute Gasteiger partial charge is 0.265 e. The van der Waals surface area contributed by atoms with Gasteiger partial charge in [0.2, 0.25) is 0 Å². The summed E-state index contributed by atoms with van der Waals surface area (Å²) in [6, 6.07) is 13.8. The summed E-state index contributed by atoms with van der Waals surface area (Å²) in [5, 5.41) is 15.1. The van der Waals surface area contributed by atoms with Gasteiger partial charge in [0.15, 0.2) is 6.61 Å². The molecule has 2 rings (SSSR count). The van der Waals surface area contributed by atoms with E-state index in [1.54, 1.807) is 56.7 Å². The highest BCUT2D eigenvalue weighted by Crippen LogP contribution is 2.22. The van der Waals surface area contributed by atoms with Gasteiger partial charge in [-0.1, -0.05) is 5.16 Å². The Labute approximate surface area is 145 Å². The van der Waals surface area contributed by atoms with Crippen LogP contribution in [0.3, 0.4) is 0 Å². The summed E-state index contributed by atoms with van der Waals surface area (Å²) in [5.74, 6) is 0.899. The van der Waals surface area contributed by atoms with Crippen LogP contribution in [-0.2, 0) is 9.63 Å². The van der Waals surface area contributed by atoms with Crippen LogP contribution >= 0.6 is 0 Å². The second-order valence-electron chi connectivity index (χ2n) is 4.85. The highest BCUT2D eigenvalue weighted by Gasteiger charge is 2.04. The van der Waals surface area contributed by atoms with Crippen molar-refractivity contribution in [1.29, 1.82) is 5.26 Å². The molecule has 128 valence electrons. The van der Waals surface area contributed by atoms with Crippen LogP contribution in [0.2, 0.25) is 0 Å². The lowest BCUT2D eigenvalue weighted by molar-refractivity contribution is -0.120. The largest absolute Gasteiger partial charge is 0.497 e. The van der Waals surface area contributed by atoms with E-state index in [2.05, 4.69) is 10.5 Å². The summed E-state index contributed by atoms with van der Waals surface area (Å²) in [7, 11) is 3.11. The Kier molecular flexibility index (Phi) is 6.37. The molecule has 0 aliphatic carbocycles. The van der Waals surface area contributed by atoms with Crippen LogP contribution in [0.15, 0.2) is 47.6 Å². The van der Waals surface area contributed by atoms with E-state index in [-0.39, 0.29) is 12.5 Å². The topological polar surface area (TPSA) is 92.9 Å². The Morgan fingerprint density at radius 3 is 2.60 bits per heavy atom. The molecule has 0 aliphatic rings. The Balaban J connectivity index is 1.88. The van der Waals surface area contributed by atoms with Crippen molar-refractivity contribution in [2.24, 2.45) is 5.16 Å². The molecule has 0 saturated carbocycles. The van der Waals surface area contributed by atoms with Gasteiger partial charge in [-0.05, 0) is 42.5 Å². The maximum absolute atomic E-state index is 11.8. The number of benzene rings is 2. The van der Waals surface area contributed by atoms with Crippen molar-refractivity contribution >= 4 is 17.8 Å². The molecule has 25 heavy (non-hydrogen) atoms. The fraction of sp³-hybridized carbons (Fsp3) is 0.167. The van der Waals surface area contributed by atoms with Gasteiger partial charge in [-0.2, -0.15) is 5.26 Å². The van der Waals surface area contributed by atoms with E-state index in [1.165, 1.54) is 6.21 Å². The summed E-state index contributed by atoms with van der Waals surface area (Å²) in [6.07, 6.45) is 1.44. The van der Waals surface area contributed by atoms with Gasteiger partial charge in [-0.3, -0.25) is 4.79 Å². The summed E-state index contributed by atoms with van der Waals surface area (Å²) < 4.78 is 10.4. The summed E-state index contributed by atoms with van der Waals surface area (Å²) in [5.41, 5.74) is 1.76. The van der Waals surface area contributed by atoms with Gasteiger partial charge in [-0.25, -0.2) is 0 Å². The van der Waals surface area contributed by atoms with Crippen LogP contribution < -0.4 is 14.8 Å². The third kappa shape index (κ3) is 5.25. The first-order valence-corrected chi connectivity index (χ1v) is 7.33. The number of hydrogen-bond acceptors (Lipinski definition) is 6. The minimum Gasteiger partial charge on any atom is -0.497 e. The molecule has 2 aromatic rings. The maximum atomic E-state index is 11.8. The monoisotopic (exact) mass is 339 g/mol. The van der Waals surface area contributed by atoms with Crippen molar-refractivity contribution in [3.8, 4) is 17.6 Å². The fourth-order valence-corrected chi connectivity index (χ4v) is 1.96. The van der Waals surface area contributed by atoms with Crippen LogP contribution in [0.1, 0.15) is 11.1 Å². The van der Waals surface area contributed by atoms with Crippen molar-refractivity contribution in [1.82, 2.24) is 0 Å². The molecule has 2 aromatic carbocycles. The number of anilines is 1. The van der Waals surface area contributed by atoms with Gasteiger partial charge in [-0.15, -0.1) is 0 Å². The first kappa shape index (κ1) is 17.8. The van der Waals surface area contributed by atoms with Crippen molar-refractivity contribution in [2.45, 2.75) is 0 Å². The van der Waals surface area contributed by atoms with E-state index in [0.29, 0.717) is 28.3 Å². The lowest BCUT2D eigenvalue weighted by Gasteiger charge is -2.07. The summed E-state index contributed by atoms with van der Waals surface area (Å²) in [4.78, 5) is 16.8. The Morgan fingerprint density at radius 1 is 1.20 bits per heavy atom. The number of carbonyl (C=O) groups excluding carboxylic acids is 1. The van der Waals surface area contributed by atoms with E-state index in [9.17, 15) is 4.79 Å². The molecule has 0 atom stereocenters. The highest BCUT2D eigenvalue weighted by atomic mass is 16.6. The molecule has 0 fully saturated rings. The van der Waals surface area contributed by atoms with E-state index in [1.807, 2.05) is 6.07 Å². The Morgan fingerprint density at radius 2 is 1.96 bits per heavy atom.